The first-order valence-electron chi connectivity index (χ1n) is 7.23. The molecule has 0 atom stereocenters. The average molecular weight is 350 g/mol. The maximum atomic E-state index is 11.8. The van der Waals surface area contributed by atoms with Crippen LogP contribution in [0.5, 0.6) is 5.75 Å². The summed E-state index contributed by atoms with van der Waals surface area (Å²) in [5.74, 6) is 0.689. The fraction of sp³-hybridized carbons (Fsp3) is 0.188. The van der Waals surface area contributed by atoms with Gasteiger partial charge in [-0.05, 0) is 36.2 Å². The Morgan fingerprint density at radius 3 is 2.62 bits per heavy atom. The predicted molar refractivity (Wildman–Crippen MR) is 89.7 cm³/mol. The Labute approximate surface area is 140 Å². The van der Waals surface area contributed by atoms with Crippen molar-refractivity contribution in [3.63, 3.8) is 0 Å². The van der Waals surface area contributed by atoms with E-state index in [0.717, 1.165) is 18.1 Å². The number of ether oxygens (including phenoxy) is 1. The summed E-state index contributed by atoms with van der Waals surface area (Å²) < 4.78 is 36.6. The van der Waals surface area contributed by atoms with Gasteiger partial charge in [-0.3, -0.25) is 4.55 Å². The van der Waals surface area contributed by atoms with Crippen LogP contribution in [0.3, 0.4) is 0 Å². The Bertz CT molecular complexity index is 821. The third-order valence-corrected chi connectivity index (χ3v) is 4.05. The van der Waals surface area contributed by atoms with Crippen molar-refractivity contribution in [2.45, 2.75) is 18.2 Å². The van der Waals surface area contributed by atoms with E-state index in [4.69, 9.17) is 9.29 Å². The number of aryl methyl sites for hydroxylation is 1. The predicted octanol–water partition coefficient (Wildman–Crippen LogP) is 2.65. The molecule has 0 radical (unpaired) electrons. The number of para-hydroxylation sites is 1. The molecule has 0 bridgehead atoms. The second kappa shape index (κ2) is 7.80. The normalized spacial score (nSPS) is 10.9. The summed E-state index contributed by atoms with van der Waals surface area (Å²) in [5, 5.41) is 4.97. The lowest BCUT2D eigenvalue weighted by atomic mass is 10.1. The van der Waals surface area contributed by atoms with E-state index >= 15 is 0 Å². The van der Waals surface area contributed by atoms with Crippen LogP contribution in [0, 0.1) is 0 Å². The molecular weight excluding hydrogens is 332 g/mol. The van der Waals surface area contributed by atoms with Gasteiger partial charge in [-0.25, -0.2) is 4.79 Å². The molecule has 2 rings (SSSR count). The zero-order valence-electron chi connectivity index (χ0n) is 13.0. The van der Waals surface area contributed by atoms with Gasteiger partial charge in [0.15, 0.2) is 6.73 Å². The first-order valence-corrected chi connectivity index (χ1v) is 8.67. The molecule has 0 saturated carbocycles. The van der Waals surface area contributed by atoms with Crippen LogP contribution in [0.1, 0.15) is 12.5 Å². The van der Waals surface area contributed by atoms with Crippen molar-refractivity contribution >= 4 is 21.8 Å². The first-order chi connectivity index (χ1) is 11.4. The Hall–Kier alpha value is -2.58. The van der Waals surface area contributed by atoms with E-state index in [1.54, 1.807) is 0 Å². The van der Waals surface area contributed by atoms with Crippen LogP contribution >= 0.6 is 0 Å². The zero-order valence-corrected chi connectivity index (χ0v) is 13.8. The van der Waals surface area contributed by atoms with Gasteiger partial charge in [0.05, 0.1) is 4.90 Å². The van der Waals surface area contributed by atoms with Crippen molar-refractivity contribution in [3.8, 4) is 5.75 Å². The quantitative estimate of drug-likeness (QED) is 0.549. The Kier molecular flexibility index (Phi) is 5.78. The lowest BCUT2D eigenvalue weighted by molar-refractivity contribution is 0.234. The molecule has 0 saturated heterocycles. The minimum absolute atomic E-state index is 0.0408. The summed E-state index contributed by atoms with van der Waals surface area (Å²) in [4.78, 5) is 11.5. The van der Waals surface area contributed by atoms with Gasteiger partial charge >= 0.3 is 6.03 Å². The molecular formula is C16H18N2O5S. The second-order valence-electron chi connectivity index (χ2n) is 4.88. The summed E-state index contributed by atoms with van der Waals surface area (Å²) in [6.45, 7) is 1.96. The first kappa shape index (κ1) is 17.8. The van der Waals surface area contributed by atoms with E-state index in [1.165, 1.54) is 18.2 Å². The molecule has 128 valence electrons. The number of benzene rings is 2. The third-order valence-electron chi connectivity index (χ3n) is 3.20. The van der Waals surface area contributed by atoms with E-state index in [9.17, 15) is 13.2 Å². The standard InChI is InChI=1S/C16H18N2O5S/c1-2-12-6-3-4-9-15(12)23-11-17-16(19)18-13-7-5-8-14(10-13)24(20,21)22/h3-10H,2,11H2,1H3,(H2,17,18,19)(H,20,21,22). The van der Waals surface area contributed by atoms with E-state index in [0.29, 0.717) is 5.75 Å². The molecule has 2 aromatic rings. The maximum Gasteiger partial charge on any atom is 0.321 e. The van der Waals surface area contributed by atoms with Crippen LogP contribution in [0.4, 0.5) is 10.5 Å². The molecule has 0 aliphatic rings. The number of carbonyl (C=O) groups is 1. The highest BCUT2D eigenvalue weighted by Crippen LogP contribution is 2.18. The van der Waals surface area contributed by atoms with Crippen LogP contribution in [0.25, 0.3) is 0 Å². The van der Waals surface area contributed by atoms with Crippen LogP contribution in [-0.2, 0) is 16.5 Å². The van der Waals surface area contributed by atoms with E-state index < -0.39 is 16.1 Å². The number of urea groups is 1. The van der Waals surface area contributed by atoms with Crippen molar-refractivity contribution in [2.24, 2.45) is 0 Å². The number of nitrogens with one attached hydrogen (secondary N) is 2. The highest BCUT2D eigenvalue weighted by Gasteiger charge is 2.10. The van der Waals surface area contributed by atoms with Gasteiger partial charge < -0.3 is 15.4 Å². The van der Waals surface area contributed by atoms with Crippen molar-refractivity contribution in [2.75, 3.05) is 12.0 Å². The van der Waals surface area contributed by atoms with Crippen molar-refractivity contribution in [3.05, 3.63) is 54.1 Å². The summed E-state index contributed by atoms with van der Waals surface area (Å²) in [7, 11) is -4.32. The van der Waals surface area contributed by atoms with Gasteiger partial charge in [0, 0.05) is 5.69 Å². The van der Waals surface area contributed by atoms with Gasteiger partial charge in [0.25, 0.3) is 10.1 Å². The molecule has 0 heterocycles. The number of anilines is 1. The Morgan fingerprint density at radius 2 is 1.92 bits per heavy atom. The summed E-state index contributed by atoms with van der Waals surface area (Å²) in [5.41, 5.74) is 1.26. The lowest BCUT2D eigenvalue weighted by Crippen LogP contribution is -2.32. The van der Waals surface area contributed by atoms with Crippen molar-refractivity contribution in [1.29, 1.82) is 0 Å². The number of hydrogen-bond donors (Lipinski definition) is 3. The molecule has 0 aliphatic carbocycles. The number of rotatable bonds is 6. The van der Waals surface area contributed by atoms with Crippen LogP contribution in [0.2, 0.25) is 0 Å². The monoisotopic (exact) mass is 350 g/mol. The van der Waals surface area contributed by atoms with Gasteiger partial charge in [0.2, 0.25) is 0 Å². The number of amides is 2. The highest BCUT2D eigenvalue weighted by molar-refractivity contribution is 7.85. The molecule has 0 unspecified atom stereocenters. The molecule has 2 amide bonds. The minimum Gasteiger partial charge on any atom is -0.473 e. The molecule has 0 spiro atoms. The summed E-state index contributed by atoms with van der Waals surface area (Å²) in [6, 6.07) is 12.2. The SMILES string of the molecule is CCc1ccccc1OCNC(=O)Nc1cccc(S(=O)(=O)O)c1. The van der Waals surface area contributed by atoms with E-state index in [1.807, 2.05) is 31.2 Å². The fourth-order valence-corrected chi connectivity index (χ4v) is 2.55. The van der Waals surface area contributed by atoms with E-state index in [-0.39, 0.29) is 17.3 Å². The molecule has 24 heavy (non-hydrogen) atoms. The van der Waals surface area contributed by atoms with Gasteiger partial charge in [-0.15, -0.1) is 0 Å². The van der Waals surface area contributed by atoms with Crippen molar-refractivity contribution in [1.82, 2.24) is 5.32 Å². The van der Waals surface area contributed by atoms with E-state index in [2.05, 4.69) is 10.6 Å². The summed E-state index contributed by atoms with van der Waals surface area (Å²) >= 11 is 0. The Morgan fingerprint density at radius 1 is 1.17 bits per heavy atom. The van der Waals surface area contributed by atoms with Crippen molar-refractivity contribution < 1.29 is 22.5 Å². The molecule has 7 nitrogen and oxygen atoms in total. The maximum absolute atomic E-state index is 11.8. The molecule has 2 aromatic carbocycles. The van der Waals surface area contributed by atoms with Crippen LogP contribution < -0.4 is 15.4 Å². The number of hydrogen-bond acceptors (Lipinski definition) is 4. The fourth-order valence-electron chi connectivity index (χ4n) is 2.03. The van der Waals surface area contributed by atoms with Crippen LogP contribution in [-0.4, -0.2) is 25.7 Å². The smallest absolute Gasteiger partial charge is 0.321 e. The minimum atomic E-state index is -4.32. The zero-order chi connectivity index (χ0) is 17.6. The third kappa shape index (κ3) is 4.97. The topological polar surface area (TPSA) is 105 Å². The molecule has 3 N–H and O–H groups in total. The highest BCUT2D eigenvalue weighted by atomic mass is 32.2. The molecule has 0 aromatic heterocycles. The lowest BCUT2D eigenvalue weighted by Gasteiger charge is -2.12. The van der Waals surface area contributed by atoms with Crippen LogP contribution in [0.15, 0.2) is 53.4 Å². The molecule has 8 heteroatoms. The molecule has 0 fully saturated rings. The largest absolute Gasteiger partial charge is 0.473 e. The Balaban J connectivity index is 1.90. The molecule has 0 aliphatic heterocycles. The summed E-state index contributed by atoms with van der Waals surface area (Å²) in [6.07, 6.45) is 0.810. The van der Waals surface area contributed by atoms with Gasteiger partial charge in [0.1, 0.15) is 5.75 Å². The van der Waals surface area contributed by atoms with Gasteiger partial charge in [-0.2, -0.15) is 8.42 Å². The second-order valence-corrected chi connectivity index (χ2v) is 6.31. The van der Waals surface area contributed by atoms with Gasteiger partial charge in [-0.1, -0.05) is 31.2 Å². The number of carbonyl (C=O) groups excluding carboxylic acids is 1. The average Bonchev–Trinajstić information content (AvgIpc) is 2.55.